The number of tetrazole rings is 2. The van der Waals surface area contributed by atoms with E-state index in [-0.39, 0.29) is 0 Å². The van der Waals surface area contributed by atoms with Crippen LogP contribution in [0, 0.1) is 0 Å². The molecular formula is C94H83N45OS9. The number of hydrogen-bond acceptors (Lipinski definition) is 49. The SMILES string of the molecule is Cn1ccnc1Sc1ncnc2ncccc12.Cn1cnnc1Sc1ncnc2ncccc12.Cn1nnnc1Sc1ncnc2ncccc12.c1cc2c(SC3CCOCC3)ncnc2cn1.c1cnc2ncnc(SC3CCCC3)c2c1.c1cnc2ncnc(SC3CCCCC3)c2c1.c1cnc2ncnc(Sc3ncc[nH]3)c2c1.c1cnc2ncnc(Sc3ncn[nH]3)c2c1.c1cnc2ncnc(Sc3nn[nH]n3)c2c1. The second-order valence-corrected chi connectivity index (χ2v) is 41.1. The number of ether oxygens (including phenoxy) is 1. The molecule has 1 saturated heterocycles. The second-order valence-electron chi connectivity index (χ2n) is 31.5. The summed E-state index contributed by atoms with van der Waals surface area (Å²) < 4.78 is 10.8. The van der Waals surface area contributed by atoms with Crippen LogP contribution in [0.2, 0.25) is 0 Å². The fourth-order valence-corrected chi connectivity index (χ4v) is 22.9. The van der Waals surface area contributed by atoms with E-state index in [4.69, 9.17) is 4.74 Å². The maximum absolute atomic E-state index is 5.37. The third-order valence-corrected chi connectivity index (χ3v) is 31.6. The van der Waals surface area contributed by atoms with Crippen molar-refractivity contribution in [2.45, 2.75) is 163 Å². The molecular weight excluding hydrogens is 2060 g/mol. The number of imidazole rings is 2. The van der Waals surface area contributed by atoms with Crippen LogP contribution in [-0.4, -0.2) is 254 Å². The van der Waals surface area contributed by atoms with Gasteiger partial charge in [0.25, 0.3) is 0 Å². The topological polar surface area (TPSA) is 574 Å². The molecule has 0 unspecified atom stereocenters. The summed E-state index contributed by atoms with van der Waals surface area (Å²) in [5, 5.41) is 62.6. The van der Waals surface area contributed by atoms with Gasteiger partial charge in [0.2, 0.25) is 10.3 Å². The van der Waals surface area contributed by atoms with Gasteiger partial charge in [-0.1, -0.05) is 32.1 Å². The van der Waals surface area contributed by atoms with Crippen LogP contribution in [0.25, 0.3) is 99.2 Å². The van der Waals surface area contributed by atoms with E-state index >= 15 is 0 Å². The molecule has 0 atom stereocenters. The summed E-state index contributed by atoms with van der Waals surface area (Å²) in [6.45, 7) is 1.73. The molecule has 0 radical (unpaired) electrons. The molecule has 46 nitrogen and oxygen atoms in total. The number of aromatic nitrogens is 45. The lowest BCUT2D eigenvalue weighted by molar-refractivity contribution is 0.1000. The fraction of sp³-hybridized carbons (Fsp3) is 0.202. The Morgan fingerprint density at radius 2 is 0.711 bits per heavy atom. The monoisotopic (exact) mass is 2150 g/mol. The average Bonchev–Trinajstić information content (AvgIpc) is 1.77. The van der Waals surface area contributed by atoms with Crippen molar-refractivity contribution in [1.29, 1.82) is 0 Å². The highest BCUT2D eigenvalue weighted by atomic mass is 32.2. The van der Waals surface area contributed by atoms with Gasteiger partial charge in [-0.15, -0.1) is 60.8 Å². The van der Waals surface area contributed by atoms with Crippen molar-refractivity contribution in [2.24, 2.45) is 21.1 Å². The third kappa shape index (κ3) is 28.0. The van der Waals surface area contributed by atoms with Crippen LogP contribution in [0.3, 0.4) is 0 Å². The first-order valence-corrected chi connectivity index (χ1v) is 53.4. The summed E-state index contributed by atoms with van der Waals surface area (Å²) >= 11 is 14.2. The standard InChI is InChI=1S/C13H15N3S.C12H13N3OS.C12H13N3S.C11H9N5S.C10H8N6S.C10H7N5S.C9H7N7S.C9H6N6S.C8H5N7S/c1-2-5-10(6-3-1)17-13-11-7-4-8-14-12(11)15-9-16-13;1-4-13-7-11-10(1)12(15-8-14-11)17-9-2-5-16-6-3-9;1-2-5-9(4-1)16-12-10-6-3-7-13-11(10)14-8-15-12;1-16-6-5-13-11(16)17-10-8-3-2-4-12-9(8)14-7-15-10;1-16-6-14-15-10(16)17-9-7-3-2-4-11-8(7)12-5-13-9;1-2-7-8(11-3-1)14-6-15-9(7)16-10-12-4-5-13-10;1-16-9(13-14-15-16)17-8-6-3-2-4-10-7(6)11-5-12-8;1-2-6-7(10-3-1)11-4-12-8(6)16-9-13-5-14-15-9;1-2-5-6(9-3-1)10-4-11-7(5)16-8-12-14-15-13-8/h4,7-10H,1-3,5-6H2;1,4,7-9H,2-3,5-6H2;3,6-9H,1-2,4-5H2;2-7H,1H3;2-6H,1H3;1-6H,(H,12,13);2-5H,1H3;1-5H,(H,13,14,15);1-4H,(H,12,13,14,15). The van der Waals surface area contributed by atoms with Crippen molar-refractivity contribution in [1.82, 2.24) is 225 Å². The highest BCUT2D eigenvalue weighted by Crippen LogP contribution is 2.40. The van der Waals surface area contributed by atoms with Crippen molar-refractivity contribution in [3.05, 3.63) is 259 Å². The summed E-state index contributed by atoms with van der Waals surface area (Å²) in [5.41, 5.74) is 6.62. The van der Waals surface area contributed by atoms with Crippen molar-refractivity contribution < 1.29 is 4.74 Å². The molecule has 0 aromatic carbocycles. The third-order valence-electron chi connectivity index (χ3n) is 21.6. The molecule has 1 aliphatic heterocycles. The summed E-state index contributed by atoms with van der Waals surface area (Å²) in [6, 6.07) is 32.8. The lowest BCUT2D eigenvalue weighted by Gasteiger charge is -2.21. The van der Waals surface area contributed by atoms with Crippen molar-refractivity contribution in [2.75, 3.05) is 13.2 Å². The number of H-pyrrole nitrogens is 3. The zero-order valence-electron chi connectivity index (χ0n) is 79.0. The van der Waals surface area contributed by atoms with Crippen molar-refractivity contribution >= 4 is 205 Å². The molecule has 744 valence electrons. The van der Waals surface area contributed by atoms with Crippen LogP contribution in [0.5, 0.6) is 0 Å². The van der Waals surface area contributed by atoms with E-state index in [1.165, 1.54) is 173 Å². The van der Waals surface area contributed by atoms with E-state index in [0.29, 0.717) is 54.6 Å². The molecule has 3 N–H and O–H groups in total. The number of nitrogens with zero attached hydrogens (tertiary/aromatic N) is 42. The number of hydrogen-bond donors (Lipinski definition) is 3. The van der Waals surface area contributed by atoms with E-state index in [1.807, 2.05) is 156 Å². The van der Waals surface area contributed by atoms with Gasteiger partial charge in [0.15, 0.2) is 65.8 Å². The normalized spacial score (nSPS) is 13.0. The molecule has 2 aliphatic carbocycles. The van der Waals surface area contributed by atoms with Gasteiger partial charge in [0, 0.05) is 136 Å². The highest BCUT2D eigenvalue weighted by molar-refractivity contribution is 8.01. The Bertz CT molecular complexity index is 7730. The fourth-order valence-electron chi connectivity index (χ4n) is 14.5. The van der Waals surface area contributed by atoms with E-state index in [0.717, 1.165) is 163 Å². The van der Waals surface area contributed by atoms with Crippen LogP contribution in [0.1, 0.15) is 70.6 Å². The van der Waals surface area contributed by atoms with Crippen LogP contribution in [-0.2, 0) is 25.9 Å². The van der Waals surface area contributed by atoms with Gasteiger partial charge in [0.1, 0.15) is 115 Å². The smallest absolute Gasteiger partial charge is 0.237 e. The molecule has 55 heteroatoms. The minimum absolute atomic E-state index is 0.517. The lowest BCUT2D eigenvalue weighted by Crippen LogP contribution is -2.17. The largest absolute Gasteiger partial charge is 0.381 e. The molecule has 0 spiro atoms. The maximum Gasteiger partial charge on any atom is 0.237 e. The van der Waals surface area contributed by atoms with Crippen molar-refractivity contribution in [3.63, 3.8) is 0 Å². The molecule has 24 aromatic heterocycles. The molecule has 27 rings (SSSR count). The molecule has 24 aromatic rings. The average molecular weight is 2150 g/mol. The van der Waals surface area contributed by atoms with Gasteiger partial charge >= 0.3 is 0 Å². The first kappa shape index (κ1) is 102. The molecule has 25 heterocycles. The Balaban J connectivity index is 0.000000105. The maximum atomic E-state index is 5.37. The summed E-state index contributed by atoms with van der Waals surface area (Å²) in [4.78, 5) is 129. The zero-order chi connectivity index (χ0) is 101. The van der Waals surface area contributed by atoms with E-state index in [1.54, 1.807) is 118 Å². The van der Waals surface area contributed by atoms with Gasteiger partial charge in [-0.3, -0.25) is 10.1 Å². The van der Waals surface area contributed by atoms with E-state index in [9.17, 15) is 0 Å². The Morgan fingerprint density at radius 1 is 0.315 bits per heavy atom. The Morgan fingerprint density at radius 3 is 1.10 bits per heavy atom. The van der Waals surface area contributed by atoms with Crippen LogP contribution < -0.4 is 0 Å². The molecule has 3 fully saturated rings. The summed E-state index contributed by atoms with van der Waals surface area (Å²) in [5.74, 6) is 0. The van der Waals surface area contributed by atoms with Crippen molar-refractivity contribution in [3.8, 4) is 0 Å². The number of aromatic amines is 3. The zero-order valence-corrected chi connectivity index (χ0v) is 86.4. The molecule has 0 amide bonds. The Hall–Kier alpha value is -15.6. The summed E-state index contributed by atoms with van der Waals surface area (Å²) in [6.07, 6.45) is 55.8. The predicted octanol–water partition coefficient (Wildman–Crippen LogP) is 16.6. The number of pyridine rings is 9. The highest BCUT2D eigenvalue weighted by Gasteiger charge is 2.23. The van der Waals surface area contributed by atoms with E-state index in [2.05, 4.69) is 223 Å². The van der Waals surface area contributed by atoms with E-state index < -0.39 is 0 Å². The Kier molecular flexibility index (Phi) is 36.0. The second kappa shape index (κ2) is 52.6. The number of fused-ring (bicyclic) bond motifs is 9. The number of aryl methyl sites for hydroxylation is 3. The van der Waals surface area contributed by atoms with Gasteiger partial charge in [-0.05, 0) is 228 Å². The first-order valence-electron chi connectivity index (χ1n) is 45.9. The molecule has 0 bridgehead atoms. The van der Waals surface area contributed by atoms with Crippen LogP contribution in [0.15, 0.2) is 336 Å². The molecule has 149 heavy (non-hydrogen) atoms. The quantitative estimate of drug-likeness (QED) is 0.0672. The van der Waals surface area contributed by atoms with Crippen LogP contribution >= 0.6 is 106 Å². The Labute approximate surface area is 884 Å². The molecule has 2 saturated carbocycles. The van der Waals surface area contributed by atoms with Gasteiger partial charge in [-0.2, -0.15) is 10.3 Å². The predicted molar refractivity (Wildman–Crippen MR) is 563 cm³/mol. The van der Waals surface area contributed by atoms with Crippen LogP contribution in [0.4, 0.5) is 0 Å². The van der Waals surface area contributed by atoms with Gasteiger partial charge in [-0.25, -0.2) is 149 Å². The minimum atomic E-state index is 0.517. The number of nitrogens with one attached hydrogen (secondary N) is 3. The number of thioether (sulfide) groups is 3. The number of rotatable bonds is 18. The minimum Gasteiger partial charge on any atom is -0.381 e. The van der Waals surface area contributed by atoms with Gasteiger partial charge < -0.3 is 18.9 Å². The van der Waals surface area contributed by atoms with Gasteiger partial charge in [0.05, 0.1) is 54.8 Å². The molecule has 3 aliphatic rings. The lowest BCUT2D eigenvalue weighted by atomic mass is 10.0. The first-order chi connectivity index (χ1) is 73.6. The summed E-state index contributed by atoms with van der Waals surface area (Å²) in [7, 11) is 5.63.